The second kappa shape index (κ2) is 10.4. The number of sulfonamides is 1. The molecule has 0 aromatic heterocycles. The summed E-state index contributed by atoms with van der Waals surface area (Å²) < 4.78 is 32.8. The Morgan fingerprint density at radius 2 is 2.03 bits per heavy atom. The molecule has 3 rings (SSSR count). The third-order valence-electron chi connectivity index (χ3n) is 5.59. The van der Waals surface area contributed by atoms with E-state index < -0.39 is 10.0 Å². The van der Waals surface area contributed by atoms with Crippen LogP contribution < -0.4 is 5.32 Å². The third kappa shape index (κ3) is 5.71. The lowest BCUT2D eigenvalue weighted by molar-refractivity contribution is 0.157. The predicted octanol–water partition coefficient (Wildman–Crippen LogP) is 2.30. The van der Waals surface area contributed by atoms with Crippen LogP contribution in [-0.4, -0.2) is 70.0 Å². The topological polar surface area (TPSA) is 74.2 Å². The van der Waals surface area contributed by atoms with Crippen molar-refractivity contribution in [2.24, 2.45) is 10.9 Å². The number of ether oxygens (including phenoxy) is 1. The summed E-state index contributed by atoms with van der Waals surface area (Å²) in [5.41, 5.74) is 0.908. The Bertz CT molecular complexity index is 791. The molecule has 162 valence electrons. The summed E-state index contributed by atoms with van der Waals surface area (Å²) in [4.78, 5) is 7.42. The van der Waals surface area contributed by atoms with Crippen LogP contribution in [0.3, 0.4) is 0 Å². The minimum Gasteiger partial charge on any atom is -0.384 e. The smallest absolute Gasteiger partial charge is 0.243 e. The monoisotopic (exact) mass is 422 g/mol. The number of nitrogens with zero attached hydrogens (tertiary/aromatic N) is 3. The van der Waals surface area contributed by atoms with Crippen LogP contribution in [0.1, 0.15) is 38.2 Å². The van der Waals surface area contributed by atoms with E-state index in [1.165, 1.54) is 0 Å². The number of nitrogens with one attached hydrogen (secondary N) is 1. The second-order valence-corrected chi connectivity index (χ2v) is 9.78. The fraction of sp³-hybridized carbons (Fsp3) is 0.667. The van der Waals surface area contributed by atoms with E-state index in [9.17, 15) is 8.42 Å². The minimum atomic E-state index is -3.42. The van der Waals surface area contributed by atoms with Crippen molar-refractivity contribution in [3.8, 4) is 0 Å². The first-order chi connectivity index (χ1) is 14.0. The number of aliphatic imine (C=N–C) groups is 1. The lowest BCUT2D eigenvalue weighted by Crippen LogP contribution is -2.40. The van der Waals surface area contributed by atoms with Crippen molar-refractivity contribution in [1.29, 1.82) is 0 Å². The maximum absolute atomic E-state index is 12.9. The SMILES string of the molecule is CCNC(=NCc1cccc(S(=O)(=O)N2CCCCC2)c1)N1CCC(COC)C1. The van der Waals surface area contributed by atoms with Gasteiger partial charge in [-0.2, -0.15) is 4.31 Å². The van der Waals surface area contributed by atoms with E-state index in [0.717, 1.165) is 63.4 Å². The molecule has 0 spiro atoms. The number of methoxy groups -OCH3 is 1. The van der Waals surface area contributed by atoms with Gasteiger partial charge in [-0.25, -0.2) is 13.4 Å². The molecule has 1 aromatic rings. The van der Waals surface area contributed by atoms with E-state index in [2.05, 4.69) is 17.1 Å². The molecule has 2 aliphatic rings. The number of likely N-dealkylation sites (tertiary alicyclic amines) is 1. The molecule has 29 heavy (non-hydrogen) atoms. The van der Waals surface area contributed by atoms with E-state index in [0.29, 0.717) is 30.4 Å². The van der Waals surface area contributed by atoms with Crippen molar-refractivity contribution >= 4 is 16.0 Å². The van der Waals surface area contributed by atoms with Gasteiger partial charge in [-0.15, -0.1) is 0 Å². The van der Waals surface area contributed by atoms with Crippen LogP contribution in [0.2, 0.25) is 0 Å². The van der Waals surface area contributed by atoms with Crippen LogP contribution in [0, 0.1) is 5.92 Å². The quantitative estimate of drug-likeness (QED) is 0.539. The van der Waals surface area contributed by atoms with Gasteiger partial charge in [-0.3, -0.25) is 0 Å². The Kier molecular flexibility index (Phi) is 7.91. The number of rotatable bonds is 7. The summed E-state index contributed by atoms with van der Waals surface area (Å²) >= 11 is 0. The highest BCUT2D eigenvalue weighted by molar-refractivity contribution is 7.89. The lowest BCUT2D eigenvalue weighted by atomic mass is 10.1. The zero-order valence-corrected chi connectivity index (χ0v) is 18.5. The highest BCUT2D eigenvalue weighted by Gasteiger charge is 2.26. The van der Waals surface area contributed by atoms with Gasteiger partial charge in [0.25, 0.3) is 0 Å². The van der Waals surface area contributed by atoms with Crippen molar-refractivity contribution in [2.75, 3.05) is 46.4 Å². The largest absolute Gasteiger partial charge is 0.384 e. The van der Waals surface area contributed by atoms with E-state index >= 15 is 0 Å². The summed E-state index contributed by atoms with van der Waals surface area (Å²) in [5, 5.41) is 3.36. The summed E-state index contributed by atoms with van der Waals surface area (Å²) in [6, 6.07) is 7.23. The van der Waals surface area contributed by atoms with Crippen molar-refractivity contribution in [1.82, 2.24) is 14.5 Å². The molecule has 0 amide bonds. The van der Waals surface area contributed by atoms with E-state index in [1.807, 2.05) is 12.1 Å². The molecule has 7 nitrogen and oxygen atoms in total. The minimum absolute atomic E-state index is 0.374. The van der Waals surface area contributed by atoms with Gasteiger partial charge in [0.05, 0.1) is 18.0 Å². The van der Waals surface area contributed by atoms with E-state index in [-0.39, 0.29) is 0 Å². The van der Waals surface area contributed by atoms with Gasteiger partial charge in [0.15, 0.2) is 5.96 Å². The second-order valence-electron chi connectivity index (χ2n) is 7.84. The van der Waals surface area contributed by atoms with Crippen LogP contribution in [0.15, 0.2) is 34.2 Å². The van der Waals surface area contributed by atoms with Gasteiger partial charge < -0.3 is 15.0 Å². The first kappa shape index (κ1) is 22.1. The summed E-state index contributed by atoms with van der Waals surface area (Å²) in [5.74, 6) is 1.41. The van der Waals surface area contributed by atoms with Crippen LogP contribution in [0.25, 0.3) is 0 Å². The van der Waals surface area contributed by atoms with Gasteiger partial charge >= 0.3 is 0 Å². The number of benzene rings is 1. The number of hydrogen-bond acceptors (Lipinski definition) is 4. The van der Waals surface area contributed by atoms with Crippen LogP contribution in [0.4, 0.5) is 0 Å². The average molecular weight is 423 g/mol. The molecule has 2 fully saturated rings. The summed E-state index contributed by atoms with van der Waals surface area (Å²) in [7, 11) is -1.67. The Morgan fingerprint density at radius 1 is 1.24 bits per heavy atom. The van der Waals surface area contributed by atoms with Crippen LogP contribution in [-0.2, 0) is 21.3 Å². The zero-order valence-electron chi connectivity index (χ0n) is 17.6. The first-order valence-electron chi connectivity index (χ1n) is 10.7. The van der Waals surface area contributed by atoms with Gasteiger partial charge in [0.1, 0.15) is 0 Å². The van der Waals surface area contributed by atoms with Crippen molar-refractivity contribution in [3.05, 3.63) is 29.8 Å². The number of guanidine groups is 1. The molecule has 8 heteroatoms. The van der Waals surface area contributed by atoms with Gasteiger partial charge in [0.2, 0.25) is 10.0 Å². The molecule has 0 bridgehead atoms. The molecule has 0 radical (unpaired) electrons. The molecule has 2 saturated heterocycles. The maximum Gasteiger partial charge on any atom is 0.243 e. The predicted molar refractivity (Wildman–Crippen MR) is 115 cm³/mol. The molecule has 2 aliphatic heterocycles. The lowest BCUT2D eigenvalue weighted by Gasteiger charge is -2.26. The van der Waals surface area contributed by atoms with E-state index in [4.69, 9.17) is 9.73 Å². The highest BCUT2D eigenvalue weighted by Crippen LogP contribution is 2.22. The molecule has 2 heterocycles. The Hall–Kier alpha value is -1.64. The van der Waals surface area contributed by atoms with Gasteiger partial charge in [-0.05, 0) is 43.9 Å². The van der Waals surface area contributed by atoms with Crippen LogP contribution in [0.5, 0.6) is 0 Å². The maximum atomic E-state index is 12.9. The molecule has 1 atom stereocenters. The molecule has 0 saturated carbocycles. The van der Waals surface area contributed by atoms with Gasteiger partial charge in [-0.1, -0.05) is 18.6 Å². The first-order valence-corrected chi connectivity index (χ1v) is 12.1. The standard InChI is InChI=1S/C21H34N4O3S/c1-3-22-21(24-13-10-19(16-24)17-28-2)23-15-18-8-7-9-20(14-18)29(26,27)25-11-5-4-6-12-25/h7-9,14,19H,3-6,10-13,15-17H2,1-2H3,(H,22,23). The van der Waals surface area contributed by atoms with Crippen molar-refractivity contribution < 1.29 is 13.2 Å². The Morgan fingerprint density at radius 3 is 2.76 bits per heavy atom. The Balaban J connectivity index is 1.71. The van der Waals surface area contributed by atoms with Crippen LogP contribution >= 0.6 is 0 Å². The fourth-order valence-corrected chi connectivity index (χ4v) is 5.64. The summed E-state index contributed by atoms with van der Waals surface area (Å²) in [6.45, 7) is 7.22. The average Bonchev–Trinajstić information content (AvgIpc) is 3.21. The number of hydrogen-bond donors (Lipinski definition) is 1. The Labute approximate surface area is 175 Å². The molecular formula is C21H34N4O3S. The molecular weight excluding hydrogens is 388 g/mol. The zero-order chi connectivity index (χ0) is 20.7. The molecule has 1 N–H and O–H groups in total. The fourth-order valence-electron chi connectivity index (χ4n) is 4.05. The number of piperidine rings is 1. The molecule has 1 unspecified atom stereocenters. The van der Waals surface area contributed by atoms with Crippen molar-refractivity contribution in [3.63, 3.8) is 0 Å². The molecule has 0 aliphatic carbocycles. The van der Waals surface area contributed by atoms with Gasteiger partial charge in [0, 0.05) is 45.8 Å². The molecule has 1 aromatic carbocycles. The van der Waals surface area contributed by atoms with Crippen molar-refractivity contribution in [2.45, 2.75) is 44.0 Å². The highest BCUT2D eigenvalue weighted by atomic mass is 32.2. The summed E-state index contributed by atoms with van der Waals surface area (Å²) in [6.07, 6.45) is 4.09. The normalized spacial score (nSPS) is 21.5. The van der Waals surface area contributed by atoms with E-state index in [1.54, 1.807) is 23.5 Å². The third-order valence-corrected chi connectivity index (χ3v) is 7.48.